The Balaban J connectivity index is 1.68. The number of ether oxygens (including phenoxy) is 1. The van der Waals surface area contributed by atoms with E-state index in [0.29, 0.717) is 24.3 Å². The van der Waals surface area contributed by atoms with E-state index in [-0.39, 0.29) is 19.0 Å². The highest BCUT2D eigenvalue weighted by Gasteiger charge is 2.14. The summed E-state index contributed by atoms with van der Waals surface area (Å²) in [6, 6.07) is 13.1. The summed E-state index contributed by atoms with van der Waals surface area (Å²) >= 11 is 0. The number of aryl methyl sites for hydroxylation is 1. The Bertz CT molecular complexity index is 860. The van der Waals surface area contributed by atoms with Crippen molar-refractivity contribution in [1.82, 2.24) is 20.0 Å². The van der Waals surface area contributed by atoms with Gasteiger partial charge in [0, 0.05) is 43.5 Å². The van der Waals surface area contributed by atoms with Crippen LogP contribution in [0.1, 0.15) is 28.9 Å². The highest BCUT2D eigenvalue weighted by atomic mass is 16.5. The topological polar surface area (TPSA) is 90.1 Å². The number of carbonyl (C=O) groups excluding carboxylic acids is 1. The summed E-state index contributed by atoms with van der Waals surface area (Å²) in [6.45, 7) is 0.265. The van der Waals surface area contributed by atoms with Gasteiger partial charge in [-0.25, -0.2) is 9.67 Å². The molecule has 0 aliphatic heterocycles. The largest absolute Gasteiger partial charge is 0.471 e. The van der Waals surface area contributed by atoms with Gasteiger partial charge in [-0.1, -0.05) is 35.5 Å². The summed E-state index contributed by atoms with van der Waals surface area (Å²) in [5.74, 6) is 0.379. The van der Waals surface area contributed by atoms with Crippen LogP contribution < -0.4 is 4.74 Å². The van der Waals surface area contributed by atoms with E-state index in [9.17, 15) is 4.79 Å². The number of aromatic nitrogens is 4. The number of aliphatic hydroxyl groups is 1. The number of Topliss-reactive ketones (excluding diaryl/α,β-unsaturated/α-hetero) is 1. The molecular weight excluding hydrogens is 332 g/mol. The molecule has 3 aromatic rings. The van der Waals surface area contributed by atoms with Gasteiger partial charge in [-0.3, -0.25) is 4.79 Å². The van der Waals surface area contributed by atoms with Gasteiger partial charge in [0.1, 0.15) is 18.0 Å². The summed E-state index contributed by atoms with van der Waals surface area (Å²) < 4.78 is 7.42. The number of carbonyl (C=O) groups is 1. The van der Waals surface area contributed by atoms with E-state index in [0.717, 1.165) is 17.0 Å². The average molecular weight is 352 g/mol. The van der Waals surface area contributed by atoms with Gasteiger partial charge in [0.05, 0.1) is 0 Å². The Morgan fingerprint density at radius 1 is 1.19 bits per heavy atom. The van der Waals surface area contributed by atoms with Gasteiger partial charge in [-0.15, -0.1) is 5.10 Å². The summed E-state index contributed by atoms with van der Waals surface area (Å²) in [4.78, 5) is 16.1. The number of hydrogen-bond donors (Lipinski definition) is 1. The van der Waals surface area contributed by atoms with Crippen LogP contribution in [0.5, 0.6) is 5.88 Å². The maximum absolute atomic E-state index is 11.9. The summed E-state index contributed by atoms with van der Waals surface area (Å²) in [6.07, 6.45) is 2.25. The van der Waals surface area contributed by atoms with Crippen LogP contribution in [0.15, 0.2) is 48.7 Å². The van der Waals surface area contributed by atoms with Crippen molar-refractivity contribution >= 4 is 5.78 Å². The second-order valence-electron chi connectivity index (χ2n) is 5.80. The Labute approximate surface area is 151 Å². The number of pyridine rings is 1. The molecule has 0 aliphatic carbocycles. The Hall–Kier alpha value is -3.06. The number of aliphatic hydroxyl groups excluding tert-OH is 1. The lowest BCUT2D eigenvalue weighted by Gasteiger charge is -2.08. The first-order chi connectivity index (χ1) is 12.7. The first-order valence-electron chi connectivity index (χ1n) is 8.36. The predicted molar refractivity (Wildman–Crippen MR) is 95.7 cm³/mol. The third kappa shape index (κ3) is 4.12. The molecule has 3 rings (SSSR count). The molecule has 1 aromatic carbocycles. The molecule has 0 bridgehead atoms. The molecule has 0 saturated heterocycles. The monoisotopic (exact) mass is 352 g/mol. The van der Waals surface area contributed by atoms with Crippen LogP contribution in [-0.4, -0.2) is 37.5 Å². The maximum atomic E-state index is 11.9. The summed E-state index contributed by atoms with van der Waals surface area (Å²) in [5, 5.41) is 17.1. The summed E-state index contributed by atoms with van der Waals surface area (Å²) in [7, 11) is 1.81. The molecule has 1 N–H and O–H groups in total. The zero-order chi connectivity index (χ0) is 18.4. The smallest absolute Gasteiger partial charge is 0.213 e. The van der Waals surface area contributed by atoms with Gasteiger partial charge in [0.25, 0.3) is 0 Å². The van der Waals surface area contributed by atoms with Gasteiger partial charge in [-0.2, -0.15) is 0 Å². The molecule has 2 aromatic heterocycles. The molecule has 134 valence electrons. The molecule has 0 unspecified atom stereocenters. The molecule has 0 aliphatic rings. The van der Waals surface area contributed by atoms with Crippen molar-refractivity contribution < 1.29 is 14.6 Å². The SMILES string of the molecule is Cn1nnc(-c2ccccc2)c1COc1ccc(C(=O)CCCO)cn1. The second kappa shape index (κ2) is 8.35. The standard InChI is InChI=1S/C19H20N4O3/c1-23-16(19(21-22-23)14-6-3-2-4-7-14)13-26-18-10-9-15(12-20-18)17(25)8-5-11-24/h2-4,6-7,9-10,12,24H,5,8,11,13H2,1H3. The Morgan fingerprint density at radius 2 is 2.00 bits per heavy atom. The van der Waals surface area contributed by atoms with Crippen molar-refractivity contribution in [3.63, 3.8) is 0 Å². The first-order valence-corrected chi connectivity index (χ1v) is 8.36. The first kappa shape index (κ1) is 17.8. The molecule has 0 fully saturated rings. The second-order valence-corrected chi connectivity index (χ2v) is 5.80. The van der Waals surface area contributed by atoms with E-state index in [1.165, 1.54) is 6.20 Å². The Kier molecular flexibility index (Phi) is 5.70. The van der Waals surface area contributed by atoms with Crippen molar-refractivity contribution in [3.8, 4) is 17.1 Å². The fraction of sp³-hybridized carbons (Fsp3) is 0.263. The van der Waals surface area contributed by atoms with Gasteiger partial charge in [0.2, 0.25) is 5.88 Å². The van der Waals surface area contributed by atoms with E-state index in [2.05, 4.69) is 15.3 Å². The van der Waals surface area contributed by atoms with Crippen LogP contribution in [0.25, 0.3) is 11.3 Å². The van der Waals surface area contributed by atoms with Crippen molar-refractivity contribution in [2.24, 2.45) is 7.05 Å². The third-order valence-corrected chi connectivity index (χ3v) is 3.97. The van der Waals surface area contributed by atoms with Gasteiger partial charge >= 0.3 is 0 Å². The van der Waals surface area contributed by atoms with Crippen LogP contribution in [0, 0.1) is 0 Å². The van der Waals surface area contributed by atoms with Gasteiger partial charge < -0.3 is 9.84 Å². The average Bonchev–Trinajstić information content (AvgIpc) is 3.06. The van der Waals surface area contributed by atoms with Crippen LogP contribution in [0.2, 0.25) is 0 Å². The molecule has 0 radical (unpaired) electrons. The molecular formula is C19H20N4O3. The zero-order valence-corrected chi connectivity index (χ0v) is 14.5. The Morgan fingerprint density at radius 3 is 2.69 bits per heavy atom. The number of nitrogens with zero attached hydrogens (tertiary/aromatic N) is 4. The number of hydrogen-bond acceptors (Lipinski definition) is 6. The molecule has 26 heavy (non-hydrogen) atoms. The van der Waals surface area contributed by atoms with E-state index in [1.54, 1.807) is 16.8 Å². The van der Waals surface area contributed by atoms with E-state index >= 15 is 0 Å². The number of benzene rings is 1. The lowest BCUT2D eigenvalue weighted by Crippen LogP contribution is -2.06. The highest BCUT2D eigenvalue weighted by Crippen LogP contribution is 2.21. The zero-order valence-electron chi connectivity index (χ0n) is 14.5. The van der Waals surface area contributed by atoms with Crippen molar-refractivity contribution in [3.05, 3.63) is 59.9 Å². The maximum Gasteiger partial charge on any atom is 0.213 e. The third-order valence-electron chi connectivity index (χ3n) is 3.97. The normalized spacial score (nSPS) is 10.7. The number of ketones is 1. The molecule has 0 saturated carbocycles. The van der Waals surface area contributed by atoms with Crippen molar-refractivity contribution in [1.29, 1.82) is 0 Å². The van der Waals surface area contributed by atoms with Gasteiger partial charge in [-0.05, 0) is 12.5 Å². The van der Waals surface area contributed by atoms with Gasteiger partial charge in [0.15, 0.2) is 5.78 Å². The quantitative estimate of drug-likeness (QED) is 0.626. The number of rotatable bonds is 8. The van der Waals surface area contributed by atoms with E-state index < -0.39 is 0 Å². The van der Waals surface area contributed by atoms with E-state index in [1.807, 2.05) is 37.4 Å². The van der Waals surface area contributed by atoms with Crippen molar-refractivity contribution in [2.45, 2.75) is 19.4 Å². The lowest BCUT2D eigenvalue weighted by molar-refractivity contribution is 0.0971. The molecule has 0 spiro atoms. The van der Waals surface area contributed by atoms with E-state index in [4.69, 9.17) is 9.84 Å². The van der Waals surface area contributed by atoms with Crippen LogP contribution in [-0.2, 0) is 13.7 Å². The molecule has 0 atom stereocenters. The fourth-order valence-corrected chi connectivity index (χ4v) is 2.52. The predicted octanol–water partition coefficient (Wildman–Crippen LogP) is 2.41. The molecule has 7 nitrogen and oxygen atoms in total. The minimum absolute atomic E-state index is 0.00282. The lowest BCUT2D eigenvalue weighted by atomic mass is 10.1. The van der Waals surface area contributed by atoms with Crippen LogP contribution in [0.3, 0.4) is 0 Å². The van der Waals surface area contributed by atoms with Crippen LogP contribution >= 0.6 is 0 Å². The fourth-order valence-electron chi connectivity index (χ4n) is 2.52. The summed E-state index contributed by atoms with van der Waals surface area (Å²) in [5.41, 5.74) is 3.08. The van der Waals surface area contributed by atoms with Crippen molar-refractivity contribution in [2.75, 3.05) is 6.61 Å². The minimum atomic E-state index is -0.0414. The molecule has 0 amide bonds. The minimum Gasteiger partial charge on any atom is -0.471 e. The molecule has 7 heteroatoms. The molecule has 2 heterocycles. The van der Waals surface area contributed by atoms with Crippen LogP contribution in [0.4, 0.5) is 0 Å². The highest BCUT2D eigenvalue weighted by molar-refractivity contribution is 5.95.